The smallest absolute Gasteiger partial charge is 0.472 e. The highest BCUT2D eigenvalue weighted by atomic mass is 31.2. The van der Waals surface area contributed by atoms with E-state index in [0.717, 1.165) is 70.6 Å². The minimum absolute atomic E-state index is 0.143. The van der Waals surface area contributed by atoms with Crippen molar-refractivity contribution in [2.75, 3.05) is 19.8 Å². The Morgan fingerprint density at radius 1 is 0.593 bits per heavy atom. The van der Waals surface area contributed by atoms with E-state index in [-0.39, 0.29) is 19.4 Å². The van der Waals surface area contributed by atoms with Crippen LogP contribution in [0, 0.1) is 0 Å². The number of esters is 2. The molecule has 0 bridgehead atoms. The number of nitrogens with two attached hydrogens (primary N) is 1. The molecule has 0 amide bonds. The van der Waals surface area contributed by atoms with Gasteiger partial charge >= 0.3 is 25.7 Å². The van der Waals surface area contributed by atoms with Gasteiger partial charge in [0.15, 0.2) is 6.10 Å². The molecule has 54 heavy (non-hydrogen) atoms. The van der Waals surface area contributed by atoms with Crippen LogP contribution in [0.5, 0.6) is 0 Å². The van der Waals surface area contributed by atoms with Gasteiger partial charge in [0.2, 0.25) is 0 Å². The first-order valence-electron chi connectivity index (χ1n) is 21.0. The van der Waals surface area contributed by atoms with Crippen molar-refractivity contribution in [3.05, 3.63) is 36.5 Å². The molecular formula is C42H76NO10P. The highest BCUT2D eigenvalue weighted by molar-refractivity contribution is 7.47. The molecule has 0 spiro atoms. The van der Waals surface area contributed by atoms with Gasteiger partial charge < -0.3 is 25.2 Å². The van der Waals surface area contributed by atoms with Crippen LogP contribution in [0.25, 0.3) is 0 Å². The summed E-state index contributed by atoms with van der Waals surface area (Å²) in [7, 11) is -4.72. The molecule has 314 valence electrons. The molecule has 11 nitrogen and oxygen atoms in total. The lowest BCUT2D eigenvalue weighted by atomic mass is 10.0. The van der Waals surface area contributed by atoms with Crippen LogP contribution in [0.2, 0.25) is 0 Å². The van der Waals surface area contributed by atoms with E-state index in [1.807, 2.05) is 0 Å². The lowest BCUT2D eigenvalue weighted by Gasteiger charge is -2.20. The number of phosphoric ester groups is 1. The fourth-order valence-corrected chi connectivity index (χ4v) is 6.39. The number of carboxylic acid groups (broad SMARTS) is 1. The van der Waals surface area contributed by atoms with Crippen molar-refractivity contribution in [1.29, 1.82) is 0 Å². The second-order valence-corrected chi connectivity index (χ2v) is 15.6. The normalized spacial score (nSPS) is 14.1. The molecule has 0 rings (SSSR count). The van der Waals surface area contributed by atoms with Gasteiger partial charge in [0, 0.05) is 12.8 Å². The van der Waals surface area contributed by atoms with Crippen molar-refractivity contribution in [2.45, 2.75) is 193 Å². The molecule has 0 saturated heterocycles. The van der Waals surface area contributed by atoms with E-state index in [1.54, 1.807) is 0 Å². The number of carboxylic acids is 1. The van der Waals surface area contributed by atoms with Crippen molar-refractivity contribution in [3.63, 3.8) is 0 Å². The Balaban J connectivity index is 4.40. The molecule has 0 saturated carbocycles. The molecular weight excluding hydrogens is 709 g/mol. The summed E-state index contributed by atoms with van der Waals surface area (Å²) in [4.78, 5) is 45.9. The number of ether oxygens (including phenoxy) is 2. The van der Waals surface area contributed by atoms with Crippen LogP contribution >= 0.6 is 7.82 Å². The van der Waals surface area contributed by atoms with Crippen LogP contribution in [0.15, 0.2) is 36.5 Å². The lowest BCUT2D eigenvalue weighted by Crippen LogP contribution is -2.34. The summed E-state index contributed by atoms with van der Waals surface area (Å²) in [6, 6.07) is -1.52. The minimum Gasteiger partial charge on any atom is -0.480 e. The molecule has 0 aliphatic rings. The van der Waals surface area contributed by atoms with E-state index >= 15 is 0 Å². The zero-order chi connectivity index (χ0) is 40.0. The van der Waals surface area contributed by atoms with Gasteiger partial charge in [-0.15, -0.1) is 0 Å². The maximum Gasteiger partial charge on any atom is 0.472 e. The van der Waals surface area contributed by atoms with E-state index in [9.17, 15) is 23.8 Å². The summed E-state index contributed by atoms with van der Waals surface area (Å²) in [5.74, 6) is -2.40. The van der Waals surface area contributed by atoms with E-state index in [4.69, 9.17) is 24.8 Å². The maximum atomic E-state index is 12.6. The van der Waals surface area contributed by atoms with Crippen LogP contribution in [0.3, 0.4) is 0 Å². The lowest BCUT2D eigenvalue weighted by molar-refractivity contribution is -0.161. The molecule has 0 aromatic heterocycles. The van der Waals surface area contributed by atoms with Gasteiger partial charge in [0.25, 0.3) is 0 Å². The van der Waals surface area contributed by atoms with Crippen molar-refractivity contribution >= 4 is 25.7 Å². The molecule has 0 aliphatic heterocycles. The second kappa shape index (κ2) is 37.6. The van der Waals surface area contributed by atoms with E-state index in [2.05, 4.69) is 54.8 Å². The van der Waals surface area contributed by atoms with Gasteiger partial charge in [-0.25, -0.2) is 4.57 Å². The zero-order valence-corrected chi connectivity index (χ0v) is 34.7. The Morgan fingerprint density at radius 2 is 1.04 bits per heavy atom. The van der Waals surface area contributed by atoms with E-state index in [1.165, 1.54) is 70.6 Å². The largest absolute Gasteiger partial charge is 0.480 e. The first-order chi connectivity index (χ1) is 26.1. The van der Waals surface area contributed by atoms with E-state index < -0.39 is 51.1 Å². The van der Waals surface area contributed by atoms with Gasteiger partial charge in [-0.3, -0.25) is 23.4 Å². The summed E-state index contributed by atoms with van der Waals surface area (Å²) in [6.07, 6.45) is 39.2. The Hall–Kier alpha value is -2.30. The average molecular weight is 786 g/mol. The molecule has 0 aromatic carbocycles. The number of carbonyl (C=O) groups excluding carboxylic acids is 2. The van der Waals surface area contributed by atoms with Gasteiger partial charge in [-0.1, -0.05) is 159 Å². The number of rotatable bonds is 39. The first kappa shape index (κ1) is 51.7. The molecule has 0 fully saturated rings. The van der Waals surface area contributed by atoms with Gasteiger partial charge in [0.1, 0.15) is 12.6 Å². The number of hydrogen-bond donors (Lipinski definition) is 3. The van der Waals surface area contributed by atoms with Crippen molar-refractivity contribution in [3.8, 4) is 0 Å². The molecule has 3 atom stereocenters. The average Bonchev–Trinajstić information content (AvgIpc) is 3.14. The number of allylic oxidation sites excluding steroid dienone is 6. The second-order valence-electron chi connectivity index (χ2n) is 14.1. The third-order valence-electron chi connectivity index (χ3n) is 8.90. The summed E-state index contributed by atoms with van der Waals surface area (Å²) in [5, 5.41) is 8.88. The third-order valence-corrected chi connectivity index (χ3v) is 9.85. The summed E-state index contributed by atoms with van der Waals surface area (Å²) in [6.45, 7) is 2.67. The Bertz CT molecular complexity index is 1060. The van der Waals surface area contributed by atoms with Crippen LogP contribution in [0.4, 0.5) is 0 Å². The fourth-order valence-electron chi connectivity index (χ4n) is 5.61. The molecule has 0 heterocycles. The summed E-state index contributed by atoms with van der Waals surface area (Å²) >= 11 is 0. The van der Waals surface area contributed by atoms with E-state index in [0.29, 0.717) is 12.8 Å². The monoisotopic (exact) mass is 786 g/mol. The Kier molecular flexibility index (Phi) is 36.0. The standard InChI is InChI=1S/C42H76NO10P/c1-3-5-7-9-11-13-15-17-19-21-23-25-27-29-31-33-40(44)50-35-38(36-51-54(48,49)52-37-39(43)42(46)47)53-41(45)34-32-30-28-26-24-22-20-18-16-14-12-10-8-6-4-2/h6,8,12,14,18,20,38-39H,3-5,7,9-11,13,15-17,19,21-37,43H2,1-2H3,(H,46,47)(H,48,49)/b8-6+,14-12+,20-18+/t38-,39+/m1/s1. The molecule has 0 radical (unpaired) electrons. The topological polar surface area (TPSA) is 172 Å². The number of aliphatic carboxylic acids is 1. The van der Waals surface area contributed by atoms with Gasteiger partial charge in [-0.05, 0) is 44.9 Å². The molecule has 4 N–H and O–H groups in total. The van der Waals surface area contributed by atoms with Gasteiger partial charge in [0.05, 0.1) is 13.2 Å². The predicted molar refractivity (Wildman–Crippen MR) is 217 cm³/mol. The highest BCUT2D eigenvalue weighted by Gasteiger charge is 2.28. The maximum absolute atomic E-state index is 12.6. The van der Waals surface area contributed by atoms with Crippen LogP contribution in [0.1, 0.15) is 181 Å². The quantitative estimate of drug-likeness (QED) is 0.0234. The summed E-state index contributed by atoms with van der Waals surface area (Å²) in [5.41, 5.74) is 5.33. The minimum atomic E-state index is -4.72. The predicted octanol–water partition coefficient (Wildman–Crippen LogP) is 10.8. The Morgan fingerprint density at radius 3 is 1.56 bits per heavy atom. The van der Waals surface area contributed by atoms with Crippen molar-refractivity contribution in [2.24, 2.45) is 5.73 Å². The fraction of sp³-hybridized carbons (Fsp3) is 0.786. The Labute approximate surface area is 327 Å². The van der Waals surface area contributed by atoms with Crippen molar-refractivity contribution in [1.82, 2.24) is 0 Å². The number of unbranched alkanes of at least 4 members (excludes halogenated alkanes) is 19. The van der Waals surface area contributed by atoms with Crippen LogP contribution < -0.4 is 5.73 Å². The third kappa shape index (κ3) is 36.7. The zero-order valence-electron chi connectivity index (χ0n) is 33.8. The highest BCUT2D eigenvalue weighted by Crippen LogP contribution is 2.43. The molecule has 12 heteroatoms. The number of carbonyl (C=O) groups is 3. The van der Waals surface area contributed by atoms with Crippen molar-refractivity contribution < 1.29 is 47.5 Å². The van der Waals surface area contributed by atoms with Crippen LogP contribution in [-0.4, -0.2) is 59.9 Å². The summed E-state index contributed by atoms with van der Waals surface area (Å²) < 4.78 is 32.6. The molecule has 0 aromatic rings. The number of phosphoric acid groups is 1. The number of hydrogen-bond acceptors (Lipinski definition) is 9. The molecule has 1 unspecified atom stereocenters. The SMILES string of the molecule is CC/C=C/C/C=C/C/C=C/CCCCCCCC(=O)O[C@H](COC(=O)CCCCCCCCCCCCCCCCC)COP(=O)(O)OC[C@H](N)C(=O)O. The molecule has 0 aliphatic carbocycles. The van der Waals surface area contributed by atoms with Gasteiger partial charge in [-0.2, -0.15) is 0 Å². The first-order valence-corrected chi connectivity index (χ1v) is 22.5. The van der Waals surface area contributed by atoms with Crippen LogP contribution in [-0.2, 0) is 37.5 Å².